The van der Waals surface area contributed by atoms with Crippen LogP contribution in [0.2, 0.25) is 5.02 Å². The summed E-state index contributed by atoms with van der Waals surface area (Å²) in [6.45, 7) is 9.44. The molecule has 1 heterocycles. The summed E-state index contributed by atoms with van der Waals surface area (Å²) in [4.78, 5) is 4.32. The van der Waals surface area contributed by atoms with Gasteiger partial charge in [0.25, 0.3) is 0 Å². The van der Waals surface area contributed by atoms with Crippen LogP contribution < -0.4 is 5.32 Å². The second-order valence-corrected chi connectivity index (χ2v) is 7.55. The van der Waals surface area contributed by atoms with Crippen LogP contribution in [0.1, 0.15) is 47.0 Å². The molecule has 1 aromatic rings. The maximum absolute atomic E-state index is 5.85. The first kappa shape index (κ1) is 13.7. The van der Waals surface area contributed by atoms with Crippen LogP contribution in [0, 0.1) is 10.8 Å². The Morgan fingerprint density at radius 2 is 1.78 bits per heavy atom. The van der Waals surface area contributed by atoms with E-state index in [2.05, 4.69) is 38.0 Å². The number of nitrogens with one attached hydrogen (secondary N) is 1. The quantitative estimate of drug-likeness (QED) is 0.835. The molecular formula is C15H23ClN2. The van der Waals surface area contributed by atoms with Crippen molar-refractivity contribution in [1.29, 1.82) is 0 Å². The van der Waals surface area contributed by atoms with E-state index >= 15 is 0 Å². The fourth-order valence-electron chi connectivity index (χ4n) is 3.62. The number of anilines is 1. The fourth-order valence-corrected chi connectivity index (χ4v) is 3.73. The van der Waals surface area contributed by atoms with Gasteiger partial charge in [-0.3, -0.25) is 0 Å². The van der Waals surface area contributed by atoms with Gasteiger partial charge in [-0.2, -0.15) is 0 Å². The zero-order chi connectivity index (χ0) is 13.4. The Labute approximate surface area is 115 Å². The van der Waals surface area contributed by atoms with Gasteiger partial charge in [-0.05, 0) is 42.2 Å². The molecule has 0 aromatic carbocycles. The van der Waals surface area contributed by atoms with E-state index in [1.807, 2.05) is 12.1 Å². The first-order valence-corrected chi connectivity index (χ1v) is 7.02. The zero-order valence-corrected chi connectivity index (χ0v) is 12.5. The molecule has 0 saturated heterocycles. The second-order valence-electron chi connectivity index (χ2n) is 7.12. The highest BCUT2D eigenvalue weighted by Crippen LogP contribution is 2.46. The van der Waals surface area contributed by atoms with Crippen molar-refractivity contribution in [1.82, 2.24) is 4.98 Å². The molecule has 0 atom stereocenters. The van der Waals surface area contributed by atoms with Crippen LogP contribution in [0.4, 0.5) is 5.82 Å². The van der Waals surface area contributed by atoms with Crippen LogP contribution in [0.5, 0.6) is 0 Å². The van der Waals surface area contributed by atoms with Crippen LogP contribution in [0.25, 0.3) is 0 Å². The van der Waals surface area contributed by atoms with E-state index < -0.39 is 0 Å². The Bertz CT molecular complexity index is 393. The van der Waals surface area contributed by atoms with Crippen molar-refractivity contribution in [2.24, 2.45) is 10.8 Å². The summed E-state index contributed by atoms with van der Waals surface area (Å²) in [5, 5.41) is 4.23. The number of hydrogen-bond acceptors (Lipinski definition) is 2. The smallest absolute Gasteiger partial charge is 0.126 e. The zero-order valence-electron chi connectivity index (χ0n) is 11.8. The molecule has 0 amide bonds. The Balaban J connectivity index is 2.07. The van der Waals surface area contributed by atoms with Gasteiger partial charge in [-0.15, -0.1) is 0 Å². The van der Waals surface area contributed by atoms with Gasteiger partial charge in [0.1, 0.15) is 5.82 Å². The Morgan fingerprint density at radius 3 is 2.28 bits per heavy atom. The summed E-state index contributed by atoms with van der Waals surface area (Å²) in [6, 6.07) is 4.34. The molecule has 1 aromatic heterocycles. The monoisotopic (exact) mass is 266 g/mol. The summed E-state index contributed by atoms with van der Waals surface area (Å²) in [7, 11) is 0. The molecule has 1 aliphatic carbocycles. The number of halogens is 1. The van der Waals surface area contributed by atoms with Gasteiger partial charge in [-0.1, -0.05) is 39.3 Å². The molecule has 1 N–H and O–H groups in total. The molecule has 0 aliphatic heterocycles. The minimum absolute atomic E-state index is 0.395. The van der Waals surface area contributed by atoms with Crippen LogP contribution >= 0.6 is 11.6 Å². The number of rotatable bonds is 2. The van der Waals surface area contributed by atoms with Crippen molar-refractivity contribution in [2.75, 3.05) is 5.32 Å². The summed E-state index contributed by atoms with van der Waals surface area (Å²) in [5.41, 5.74) is 0.789. The molecule has 1 aliphatic rings. The summed E-state index contributed by atoms with van der Waals surface area (Å²) >= 11 is 5.85. The van der Waals surface area contributed by atoms with Crippen molar-refractivity contribution in [3.05, 3.63) is 23.4 Å². The fraction of sp³-hybridized carbons (Fsp3) is 0.667. The van der Waals surface area contributed by atoms with Crippen molar-refractivity contribution in [3.8, 4) is 0 Å². The van der Waals surface area contributed by atoms with E-state index in [4.69, 9.17) is 11.6 Å². The van der Waals surface area contributed by atoms with E-state index in [-0.39, 0.29) is 0 Å². The van der Waals surface area contributed by atoms with Gasteiger partial charge in [-0.25, -0.2) is 4.98 Å². The van der Waals surface area contributed by atoms with E-state index in [1.165, 1.54) is 19.3 Å². The lowest BCUT2D eigenvalue weighted by Crippen LogP contribution is -2.40. The Morgan fingerprint density at radius 1 is 1.17 bits per heavy atom. The van der Waals surface area contributed by atoms with E-state index in [1.54, 1.807) is 6.20 Å². The van der Waals surface area contributed by atoms with Crippen LogP contribution in [-0.2, 0) is 0 Å². The standard InChI is InChI=1S/C15H23ClN2/c1-14(2)7-12(8-15(3,4)10-14)18-13-6-5-11(16)9-17-13/h5-6,9,12H,7-8,10H2,1-4H3,(H,17,18). The normalized spacial score (nSPS) is 22.7. The SMILES string of the molecule is CC1(C)CC(Nc2ccc(Cl)cn2)CC(C)(C)C1. The van der Waals surface area contributed by atoms with Gasteiger partial charge < -0.3 is 5.32 Å². The van der Waals surface area contributed by atoms with Crippen LogP contribution in [-0.4, -0.2) is 11.0 Å². The average molecular weight is 267 g/mol. The molecule has 100 valence electrons. The van der Waals surface area contributed by atoms with E-state index in [0.29, 0.717) is 21.9 Å². The third-order valence-corrected chi connectivity index (χ3v) is 3.86. The maximum Gasteiger partial charge on any atom is 0.126 e. The molecule has 0 bridgehead atoms. The lowest BCUT2D eigenvalue weighted by molar-refractivity contribution is 0.105. The van der Waals surface area contributed by atoms with Crippen LogP contribution in [0.15, 0.2) is 18.3 Å². The van der Waals surface area contributed by atoms with Crippen molar-refractivity contribution in [2.45, 2.75) is 53.0 Å². The predicted molar refractivity (Wildman–Crippen MR) is 78.1 cm³/mol. The van der Waals surface area contributed by atoms with E-state index in [9.17, 15) is 0 Å². The first-order valence-electron chi connectivity index (χ1n) is 6.64. The summed E-state index contributed by atoms with van der Waals surface area (Å²) < 4.78 is 0. The molecule has 0 unspecified atom stereocenters. The lowest BCUT2D eigenvalue weighted by Gasteiger charge is -2.45. The van der Waals surface area contributed by atoms with Gasteiger partial charge in [0.15, 0.2) is 0 Å². The first-order chi connectivity index (χ1) is 8.26. The molecule has 2 rings (SSSR count). The molecule has 1 saturated carbocycles. The molecule has 3 heteroatoms. The summed E-state index contributed by atoms with van der Waals surface area (Å²) in [5.74, 6) is 0.929. The number of hydrogen-bond donors (Lipinski definition) is 1. The largest absolute Gasteiger partial charge is 0.367 e. The lowest BCUT2D eigenvalue weighted by atomic mass is 9.63. The molecule has 0 spiro atoms. The molecule has 1 fully saturated rings. The van der Waals surface area contributed by atoms with Crippen molar-refractivity contribution >= 4 is 17.4 Å². The topological polar surface area (TPSA) is 24.9 Å². The molecule has 0 radical (unpaired) electrons. The Kier molecular flexibility index (Phi) is 3.59. The number of pyridine rings is 1. The molecule has 18 heavy (non-hydrogen) atoms. The highest BCUT2D eigenvalue weighted by molar-refractivity contribution is 6.30. The van der Waals surface area contributed by atoms with Crippen LogP contribution in [0.3, 0.4) is 0 Å². The minimum Gasteiger partial charge on any atom is -0.367 e. The number of nitrogens with zero attached hydrogens (tertiary/aromatic N) is 1. The van der Waals surface area contributed by atoms with Gasteiger partial charge in [0.05, 0.1) is 5.02 Å². The average Bonchev–Trinajstić information content (AvgIpc) is 2.16. The summed E-state index contributed by atoms with van der Waals surface area (Å²) in [6.07, 6.45) is 5.37. The predicted octanol–water partition coefficient (Wildman–Crippen LogP) is 4.75. The van der Waals surface area contributed by atoms with Gasteiger partial charge in [0, 0.05) is 12.2 Å². The maximum atomic E-state index is 5.85. The van der Waals surface area contributed by atoms with Gasteiger partial charge in [0.2, 0.25) is 0 Å². The number of aromatic nitrogens is 1. The van der Waals surface area contributed by atoms with Gasteiger partial charge >= 0.3 is 0 Å². The minimum atomic E-state index is 0.395. The highest BCUT2D eigenvalue weighted by atomic mass is 35.5. The Hall–Kier alpha value is -0.760. The third kappa shape index (κ3) is 3.61. The third-order valence-electron chi connectivity index (χ3n) is 3.63. The highest BCUT2D eigenvalue weighted by Gasteiger charge is 2.38. The molecular weight excluding hydrogens is 244 g/mol. The molecule has 2 nitrogen and oxygen atoms in total. The second kappa shape index (κ2) is 4.73. The van der Waals surface area contributed by atoms with E-state index in [0.717, 1.165) is 5.82 Å². The van der Waals surface area contributed by atoms with Crippen molar-refractivity contribution in [3.63, 3.8) is 0 Å². The van der Waals surface area contributed by atoms with Crippen molar-refractivity contribution < 1.29 is 0 Å².